The van der Waals surface area contributed by atoms with E-state index in [1.54, 1.807) is 0 Å². The first kappa shape index (κ1) is 12.6. The van der Waals surface area contributed by atoms with Gasteiger partial charge in [-0.05, 0) is 25.7 Å². The molecular weight excluding hydrogens is 266 g/mol. The minimum Gasteiger partial charge on any atom is -0.382 e. The van der Waals surface area contributed by atoms with Crippen LogP contribution < -0.4 is 15.5 Å². The fourth-order valence-electron chi connectivity index (χ4n) is 3.27. The van der Waals surface area contributed by atoms with E-state index in [4.69, 9.17) is 21.1 Å². The highest BCUT2D eigenvalue weighted by atomic mass is 15.3. The SMILES string of the molecule is N=C1N=C(N)c2nc(N3CCCC3)c(N3CCCC3)nc21. The summed E-state index contributed by atoms with van der Waals surface area (Å²) >= 11 is 0. The number of rotatable bonds is 2. The summed E-state index contributed by atoms with van der Waals surface area (Å²) in [6, 6.07) is 0. The quantitative estimate of drug-likeness (QED) is 0.835. The van der Waals surface area contributed by atoms with Crippen molar-refractivity contribution >= 4 is 23.3 Å². The molecule has 4 heterocycles. The standard InChI is InChI=1S/C14H19N7/c15-11-9-10(12(16)19-11)18-14(21-7-3-4-8-21)13(17-9)20-5-1-2-6-20/h1-8H2,(H3,15,16,19). The number of anilines is 2. The Morgan fingerprint density at radius 2 is 1.29 bits per heavy atom. The third-order valence-corrected chi connectivity index (χ3v) is 4.37. The van der Waals surface area contributed by atoms with Crippen LogP contribution >= 0.6 is 0 Å². The van der Waals surface area contributed by atoms with Gasteiger partial charge < -0.3 is 15.5 Å². The Morgan fingerprint density at radius 3 is 1.81 bits per heavy atom. The molecule has 1 aromatic rings. The smallest absolute Gasteiger partial charge is 0.175 e. The van der Waals surface area contributed by atoms with Crippen molar-refractivity contribution in [2.75, 3.05) is 36.0 Å². The van der Waals surface area contributed by atoms with Crippen LogP contribution in [0.25, 0.3) is 0 Å². The van der Waals surface area contributed by atoms with Crippen LogP contribution in [0.1, 0.15) is 37.1 Å². The van der Waals surface area contributed by atoms with Gasteiger partial charge in [0, 0.05) is 26.2 Å². The third kappa shape index (κ3) is 1.95. The van der Waals surface area contributed by atoms with Crippen LogP contribution in [-0.4, -0.2) is 47.8 Å². The van der Waals surface area contributed by atoms with Gasteiger partial charge in [0.05, 0.1) is 0 Å². The molecule has 2 saturated heterocycles. The summed E-state index contributed by atoms with van der Waals surface area (Å²) in [5, 5.41) is 7.91. The molecule has 3 aliphatic rings. The van der Waals surface area contributed by atoms with Gasteiger partial charge in [-0.3, -0.25) is 5.41 Å². The summed E-state index contributed by atoms with van der Waals surface area (Å²) < 4.78 is 0. The minimum atomic E-state index is 0.128. The zero-order chi connectivity index (χ0) is 14.4. The molecule has 2 fully saturated rings. The van der Waals surface area contributed by atoms with E-state index in [2.05, 4.69) is 14.8 Å². The monoisotopic (exact) mass is 285 g/mol. The fourth-order valence-corrected chi connectivity index (χ4v) is 3.27. The number of fused-ring (bicyclic) bond motifs is 1. The summed E-state index contributed by atoms with van der Waals surface area (Å²) in [4.78, 5) is 18.0. The van der Waals surface area contributed by atoms with E-state index in [9.17, 15) is 0 Å². The van der Waals surface area contributed by atoms with E-state index in [1.165, 1.54) is 25.7 Å². The number of hydrogen-bond acceptors (Lipinski definition) is 6. The molecule has 0 spiro atoms. The van der Waals surface area contributed by atoms with E-state index >= 15 is 0 Å². The molecule has 0 aromatic carbocycles. The van der Waals surface area contributed by atoms with Gasteiger partial charge >= 0.3 is 0 Å². The second-order valence-electron chi connectivity index (χ2n) is 5.80. The molecule has 7 nitrogen and oxygen atoms in total. The van der Waals surface area contributed by atoms with Gasteiger partial charge in [-0.25, -0.2) is 15.0 Å². The van der Waals surface area contributed by atoms with Crippen LogP contribution in [0.15, 0.2) is 4.99 Å². The normalized spacial score (nSPS) is 21.1. The van der Waals surface area contributed by atoms with E-state index < -0.39 is 0 Å². The average Bonchev–Trinajstić information content (AvgIpc) is 3.21. The zero-order valence-corrected chi connectivity index (χ0v) is 12.0. The van der Waals surface area contributed by atoms with E-state index in [-0.39, 0.29) is 5.84 Å². The molecule has 110 valence electrons. The van der Waals surface area contributed by atoms with Crippen LogP contribution in [0.5, 0.6) is 0 Å². The Bertz CT molecular complexity index is 624. The lowest BCUT2D eigenvalue weighted by molar-refractivity contribution is 0.874. The van der Waals surface area contributed by atoms with Crippen molar-refractivity contribution in [3.8, 4) is 0 Å². The van der Waals surface area contributed by atoms with Crippen LogP contribution in [0.2, 0.25) is 0 Å². The molecule has 0 atom stereocenters. The zero-order valence-electron chi connectivity index (χ0n) is 12.0. The number of aromatic nitrogens is 2. The summed E-state index contributed by atoms with van der Waals surface area (Å²) in [7, 11) is 0. The number of aliphatic imine (C=N–C) groups is 1. The van der Waals surface area contributed by atoms with Gasteiger partial charge in [0.1, 0.15) is 11.4 Å². The maximum Gasteiger partial charge on any atom is 0.175 e. The van der Waals surface area contributed by atoms with E-state index in [0.29, 0.717) is 17.2 Å². The van der Waals surface area contributed by atoms with Crippen LogP contribution in [0, 0.1) is 5.41 Å². The van der Waals surface area contributed by atoms with E-state index in [0.717, 1.165) is 37.8 Å². The Balaban J connectivity index is 1.84. The molecule has 3 N–H and O–H groups in total. The van der Waals surface area contributed by atoms with E-state index in [1.807, 2.05) is 0 Å². The van der Waals surface area contributed by atoms with Gasteiger partial charge in [0.15, 0.2) is 23.3 Å². The molecular formula is C14H19N7. The molecule has 0 radical (unpaired) electrons. The summed E-state index contributed by atoms with van der Waals surface area (Å²) in [5.74, 6) is 2.27. The highest BCUT2D eigenvalue weighted by Gasteiger charge is 2.30. The van der Waals surface area contributed by atoms with Gasteiger partial charge in [-0.1, -0.05) is 0 Å². The lowest BCUT2D eigenvalue weighted by Crippen LogP contribution is -2.28. The second kappa shape index (κ2) is 4.68. The van der Waals surface area contributed by atoms with Crippen molar-refractivity contribution < 1.29 is 0 Å². The summed E-state index contributed by atoms with van der Waals surface area (Å²) in [6.45, 7) is 4.06. The largest absolute Gasteiger partial charge is 0.382 e. The summed E-state index contributed by atoms with van der Waals surface area (Å²) in [6.07, 6.45) is 4.76. The predicted molar refractivity (Wildman–Crippen MR) is 82.5 cm³/mol. The van der Waals surface area contributed by atoms with Crippen molar-refractivity contribution in [3.05, 3.63) is 11.4 Å². The highest BCUT2D eigenvalue weighted by Crippen LogP contribution is 2.32. The minimum absolute atomic E-state index is 0.128. The van der Waals surface area contributed by atoms with Crippen LogP contribution in [-0.2, 0) is 0 Å². The molecule has 0 saturated carbocycles. The van der Waals surface area contributed by atoms with Crippen molar-refractivity contribution in [1.82, 2.24) is 9.97 Å². The van der Waals surface area contributed by atoms with Gasteiger partial charge in [-0.2, -0.15) is 0 Å². The van der Waals surface area contributed by atoms with Gasteiger partial charge in [0.2, 0.25) is 0 Å². The number of amidine groups is 2. The molecule has 21 heavy (non-hydrogen) atoms. The van der Waals surface area contributed by atoms with Crippen molar-refractivity contribution in [3.63, 3.8) is 0 Å². The molecule has 1 aromatic heterocycles. The summed E-state index contributed by atoms with van der Waals surface area (Å²) in [5.41, 5.74) is 6.98. The van der Waals surface area contributed by atoms with Crippen LogP contribution in [0.3, 0.4) is 0 Å². The highest BCUT2D eigenvalue weighted by molar-refractivity contribution is 6.19. The Morgan fingerprint density at radius 1 is 0.810 bits per heavy atom. The molecule has 3 aliphatic heterocycles. The molecule has 0 bridgehead atoms. The van der Waals surface area contributed by atoms with Gasteiger partial charge in [0.25, 0.3) is 0 Å². The molecule has 4 rings (SSSR count). The van der Waals surface area contributed by atoms with Crippen LogP contribution in [0.4, 0.5) is 11.6 Å². The lowest BCUT2D eigenvalue weighted by atomic mass is 10.3. The third-order valence-electron chi connectivity index (χ3n) is 4.37. The maximum absolute atomic E-state index is 7.91. The second-order valence-corrected chi connectivity index (χ2v) is 5.80. The first-order valence-corrected chi connectivity index (χ1v) is 7.59. The number of nitrogens with two attached hydrogens (primary N) is 1. The van der Waals surface area contributed by atoms with Crippen molar-refractivity contribution in [2.24, 2.45) is 10.7 Å². The predicted octanol–water partition coefficient (Wildman–Crippen LogP) is 0.721. The first-order valence-electron chi connectivity index (χ1n) is 7.59. The number of hydrogen-bond donors (Lipinski definition) is 2. The van der Waals surface area contributed by atoms with Crippen molar-refractivity contribution in [1.29, 1.82) is 5.41 Å². The first-order chi connectivity index (χ1) is 10.2. The fraction of sp³-hybridized carbons (Fsp3) is 0.571. The lowest BCUT2D eigenvalue weighted by Gasteiger charge is -2.25. The van der Waals surface area contributed by atoms with Gasteiger partial charge in [-0.15, -0.1) is 0 Å². The molecule has 0 aliphatic carbocycles. The molecule has 7 heteroatoms. The topological polar surface area (TPSA) is 94.5 Å². The Labute approximate surface area is 123 Å². The Kier molecular flexibility index (Phi) is 2.80. The number of nitrogens with zero attached hydrogens (tertiary/aromatic N) is 5. The maximum atomic E-state index is 7.91. The van der Waals surface area contributed by atoms with Crippen molar-refractivity contribution in [2.45, 2.75) is 25.7 Å². The Hall–Kier alpha value is -2.18. The molecule has 0 unspecified atom stereocenters. The average molecular weight is 285 g/mol. The number of nitrogens with one attached hydrogen (secondary N) is 1. The molecule has 0 amide bonds.